The SMILES string of the molecule is C=CCC1(c2ccc([N+](=O)[O-])cc2)CCCCC1=O. The third-order valence-electron chi connectivity index (χ3n) is 3.91. The first kappa shape index (κ1) is 13.5. The Morgan fingerprint density at radius 3 is 2.53 bits per heavy atom. The Kier molecular flexibility index (Phi) is 3.79. The third kappa shape index (κ3) is 2.43. The van der Waals surface area contributed by atoms with E-state index in [4.69, 9.17) is 0 Å². The van der Waals surface area contributed by atoms with E-state index in [1.807, 2.05) is 0 Å². The maximum Gasteiger partial charge on any atom is 0.269 e. The molecule has 1 saturated carbocycles. The number of nitro groups is 1. The van der Waals surface area contributed by atoms with Crippen LogP contribution in [0.4, 0.5) is 5.69 Å². The predicted molar refractivity (Wildman–Crippen MR) is 73.1 cm³/mol. The Hall–Kier alpha value is -1.97. The van der Waals surface area contributed by atoms with Crippen LogP contribution in [0, 0.1) is 10.1 Å². The van der Waals surface area contributed by atoms with Crippen LogP contribution in [0.2, 0.25) is 0 Å². The van der Waals surface area contributed by atoms with Crippen molar-refractivity contribution >= 4 is 11.5 Å². The van der Waals surface area contributed by atoms with Gasteiger partial charge in [0.25, 0.3) is 5.69 Å². The van der Waals surface area contributed by atoms with Gasteiger partial charge in [0, 0.05) is 18.6 Å². The number of carbonyl (C=O) groups excluding carboxylic acids is 1. The lowest BCUT2D eigenvalue weighted by molar-refractivity contribution is -0.384. The molecule has 0 bridgehead atoms. The number of nitro benzene ring substituents is 1. The maximum absolute atomic E-state index is 12.3. The summed E-state index contributed by atoms with van der Waals surface area (Å²) in [4.78, 5) is 22.6. The van der Waals surface area contributed by atoms with Gasteiger partial charge >= 0.3 is 0 Å². The fourth-order valence-corrected chi connectivity index (χ4v) is 2.88. The molecular weight excluding hydrogens is 242 g/mol. The standard InChI is InChI=1S/C15H17NO3/c1-2-10-15(11-4-3-5-14(15)17)12-6-8-13(9-7-12)16(18)19/h2,6-9H,1,3-5,10-11H2. The van der Waals surface area contributed by atoms with Gasteiger partial charge in [-0.2, -0.15) is 0 Å². The second-order valence-corrected chi connectivity index (χ2v) is 5.01. The van der Waals surface area contributed by atoms with Crippen molar-refractivity contribution in [2.45, 2.75) is 37.5 Å². The summed E-state index contributed by atoms with van der Waals surface area (Å²) in [6.07, 6.45) is 5.70. The maximum atomic E-state index is 12.3. The van der Waals surface area contributed by atoms with Crippen LogP contribution in [0.15, 0.2) is 36.9 Å². The van der Waals surface area contributed by atoms with Crippen LogP contribution in [0.3, 0.4) is 0 Å². The number of non-ortho nitro benzene ring substituents is 1. The molecule has 0 aliphatic heterocycles. The quantitative estimate of drug-likeness (QED) is 0.472. The lowest BCUT2D eigenvalue weighted by Crippen LogP contribution is -2.38. The van der Waals surface area contributed by atoms with Gasteiger partial charge < -0.3 is 0 Å². The number of rotatable bonds is 4. The van der Waals surface area contributed by atoms with E-state index in [9.17, 15) is 14.9 Å². The third-order valence-corrected chi connectivity index (χ3v) is 3.91. The monoisotopic (exact) mass is 259 g/mol. The van der Waals surface area contributed by atoms with Gasteiger partial charge in [-0.3, -0.25) is 14.9 Å². The van der Waals surface area contributed by atoms with Gasteiger partial charge in [0.1, 0.15) is 5.78 Å². The second kappa shape index (κ2) is 5.34. The molecule has 0 radical (unpaired) electrons. The van der Waals surface area contributed by atoms with Gasteiger partial charge in [0.2, 0.25) is 0 Å². The minimum Gasteiger partial charge on any atom is -0.299 e. The molecule has 0 spiro atoms. The zero-order valence-corrected chi connectivity index (χ0v) is 10.8. The van der Waals surface area contributed by atoms with Crippen LogP contribution in [-0.4, -0.2) is 10.7 Å². The highest BCUT2D eigenvalue weighted by Crippen LogP contribution is 2.40. The summed E-state index contributed by atoms with van der Waals surface area (Å²) < 4.78 is 0. The Morgan fingerprint density at radius 2 is 2.00 bits per heavy atom. The minimum atomic E-state index is -0.519. The molecule has 19 heavy (non-hydrogen) atoms. The molecule has 4 heteroatoms. The van der Waals surface area contributed by atoms with Crippen molar-refractivity contribution in [1.82, 2.24) is 0 Å². The van der Waals surface area contributed by atoms with E-state index >= 15 is 0 Å². The Labute approximate surface area is 112 Å². The number of carbonyl (C=O) groups is 1. The predicted octanol–water partition coefficient (Wildman–Crippen LogP) is 3.55. The van der Waals surface area contributed by atoms with Gasteiger partial charge in [-0.25, -0.2) is 0 Å². The first-order valence-electron chi connectivity index (χ1n) is 6.49. The first-order valence-corrected chi connectivity index (χ1v) is 6.49. The normalized spacial score (nSPS) is 23.1. The number of benzene rings is 1. The van der Waals surface area contributed by atoms with Gasteiger partial charge in [0.15, 0.2) is 0 Å². The first-order chi connectivity index (χ1) is 9.10. The van der Waals surface area contributed by atoms with Crippen LogP contribution in [0.25, 0.3) is 0 Å². The fraction of sp³-hybridized carbons (Fsp3) is 0.400. The Bertz CT molecular complexity index is 507. The molecule has 0 saturated heterocycles. The number of hydrogen-bond acceptors (Lipinski definition) is 3. The molecular formula is C15H17NO3. The van der Waals surface area contributed by atoms with Crippen molar-refractivity contribution in [1.29, 1.82) is 0 Å². The number of allylic oxidation sites excluding steroid dienone is 1. The number of nitrogens with zero attached hydrogens (tertiary/aromatic N) is 1. The fourth-order valence-electron chi connectivity index (χ4n) is 2.88. The number of ketones is 1. The highest BCUT2D eigenvalue weighted by Gasteiger charge is 2.40. The van der Waals surface area contributed by atoms with E-state index in [0.717, 1.165) is 24.8 Å². The molecule has 1 aliphatic carbocycles. The summed E-state index contributed by atoms with van der Waals surface area (Å²) in [5.74, 6) is 0.229. The highest BCUT2D eigenvalue weighted by atomic mass is 16.6. The van der Waals surface area contributed by atoms with Gasteiger partial charge in [-0.05, 0) is 24.8 Å². The number of hydrogen-bond donors (Lipinski definition) is 0. The molecule has 2 rings (SSSR count). The van der Waals surface area contributed by atoms with E-state index in [0.29, 0.717) is 12.8 Å². The van der Waals surface area contributed by atoms with E-state index in [1.165, 1.54) is 12.1 Å². The molecule has 1 aliphatic rings. The van der Waals surface area contributed by atoms with Crippen molar-refractivity contribution in [2.75, 3.05) is 0 Å². The van der Waals surface area contributed by atoms with Crippen LogP contribution in [0.5, 0.6) is 0 Å². The smallest absolute Gasteiger partial charge is 0.269 e. The molecule has 1 atom stereocenters. The molecule has 100 valence electrons. The zero-order chi connectivity index (χ0) is 13.9. The molecule has 1 aromatic rings. The van der Waals surface area contributed by atoms with Crippen molar-refractivity contribution in [2.24, 2.45) is 0 Å². The van der Waals surface area contributed by atoms with Gasteiger partial charge in [-0.15, -0.1) is 6.58 Å². The lowest BCUT2D eigenvalue weighted by Gasteiger charge is -2.35. The lowest BCUT2D eigenvalue weighted by atomic mass is 9.66. The summed E-state index contributed by atoms with van der Waals surface area (Å²) >= 11 is 0. The summed E-state index contributed by atoms with van der Waals surface area (Å²) in [6.45, 7) is 3.75. The van der Waals surface area contributed by atoms with Gasteiger partial charge in [-0.1, -0.05) is 24.6 Å². The van der Waals surface area contributed by atoms with Crippen molar-refractivity contribution in [3.63, 3.8) is 0 Å². The molecule has 0 N–H and O–H groups in total. The van der Waals surface area contributed by atoms with Crippen LogP contribution in [0.1, 0.15) is 37.7 Å². The van der Waals surface area contributed by atoms with E-state index < -0.39 is 10.3 Å². The zero-order valence-electron chi connectivity index (χ0n) is 10.8. The van der Waals surface area contributed by atoms with Crippen molar-refractivity contribution in [3.05, 3.63) is 52.6 Å². The average molecular weight is 259 g/mol. The summed E-state index contributed by atoms with van der Waals surface area (Å²) in [5, 5.41) is 10.7. The highest BCUT2D eigenvalue weighted by molar-refractivity contribution is 5.91. The molecule has 0 heterocycles. The number of Topliss-reactive ketones (excluding diaryl/α,β-unsaturated/α-hetero) is 1. The molecule has 0 aromatic heterocycles. The minimum absolute atomic E-state index is 0.0563. The molecule has 1 fully saturated rings. The Balaban J connectivity index is 2.40. The molecule has 1 aromatic carbocycles. The topological polar surface area (TPSA) is 60.2 Å². The van der Waals surface area contributed by atoms with Crippen LogP contribution >= 0.6 is 0 Å². The summed E-state index contributed by atoms with van der Waals surface area (Å²) in [5.41, 5.74) is 0.415. The van der Waals surface area contributed by atoms with E-state index in [-0.39, 0.29) is 11.5 Å². The van der Waals surface area contributed by atoms with Crippen molar-refractivity contribution in [3.8, 4) is 0 Å². The second-order valence-electron chi connectivity index (χ2n) is 5.01. The summed E-state index contributed by atoms with van der Waals surface area (Å²) in [7, 11) is 0. The molecule has 4 nitrogen and oxygen atoms in total. The largest absolute Gasteiger partial charge is 0.299 e. The van der Waals surface area contributed by atoms with Crippen LogP contribution < -0.4 is 0 Å². The van der Waals surface area contributed by atoms with E-state index in [2.05, 4.69) is 6.58 Å². The average Bonchev–Trinajstić information content (AvgIpc) is 2.42. The van der Waals surface area contributed by atoms with Gasteiger partial charge in [0.05, 0.1) is 10.3 Å². The van der Waals surface area contributed by atoms with Crippen molar-refractivity contribution < 1.29 is 9.72 Å². The summed E-state index contributed by atoms with van der Waals surface area (Å²) in [6, 6.07) is 6.37. The molecule has 0 amide bonds. The Morgan fingerprint density at radius 1 is 1.32 bits per heavy atom. The van der Waals surface area contributed by atoms with Crippen LogP contribution in [-0.2, 0) is 10.2 Å². The molecule has 1 unspecified atom stereocenters. The van der Waals surface area contributed by atoms with E-state index in [1.54, 1.807) is 18.2 Å².